The van der Waals surface area contributed by atoms with E-state index >= 15 is 0 Å². The number of nitrogens with zero attached hydrogens (tertiary/aromatic N) is 1. The van der Waals surface area contributed by atoms with Crippen LogP contribution in [0.25, 0.3) is 0 Å². The molecule has 2 amide bonds. The van der Waals surface area contributed by atoms with E-state index in [-0.39, 0.29) is 35.2 Å². The Hall–Kier alpha value is -1.77. The number of carbonyl (C=O) groups excluding carboxylic acids is 3. The van der Waals surface area contributed by atoms with Crippen LogP contribution in [0.15, 0.2) is 12.2 Å². The van der Waals surface area contributed by atoms with Crippen molar-refractivity contribution < 1.29 is 24.2 Å². The number of aliphatic hydroxyl groups excluding tert-OH is 1. The van der Waals surface area contributed by atoms with Gasteiger partial charge in [0.2, 0.25) is 11.8 Å². The van der Waals surface area contributed by atoms with E-state index in [9.17, 15) is 19.5 Å². The number of ketones is 1. The summed E-state index contributed by atoms with van der Waals surface area (Å²) in [5.74, 6) is -1.08. The van der Waals surface area contributed by atoms with E-state index in [1.54, 1.807) is 4.90 Å². The summed E-state index contributed by atoms with van der Waals surface area (Å²) >= 11 is 0. The lowest BCUT2D eigenvalue weighted by atomic mass is 9.89. The van der Waals surface area contributed by atoms with Crippen molar-refractivity contribution in [3.63, 3.8) is 0 Å². The van der Waals surface area contributed by atoms with E-state index in [4.69, 9.17) is 10.5 Å². The summed E-state index contributed by atoms with van der Waals surface area (Å²) in [6.45, 7) is 5.66. The third-order valence-electron chi connectivity index (χ3n) is 7.23. The molecule has 0 aliphatic carbocycles. The Morgan fingerprint density at radius 2 is 1.82 bits per heavy atom. The first kappa shape index (κ1) is 25.8. The quantitative estimate of drug-likeness (QED) is 0.537. The minimum Gasteiger partial charge on any atom is -0.383 e. The third kappa shape index (κ3) is 6.43. The van der Waals surface area contributed by atoms with Crippen LogP contribution >= 0.6 is 0 Å². The first-order chi connectivity index (χ1) is 15.6. The van der Waals surface area contributed by atoms with Crippen molar-refractivity contribution >= 4 is 17.6 Å². The number of rotatable bonds is 2. The van der Waals surface area contributed by atoms with Gasteiger partial charge in [-0.2, -0.15) is 0 Å². The molecule has 3 heterocycles. The van der Waals surface area contributed by atoms with E-state index in [0.29, 0.717) is 25.8 Å². The van der Waals surface area contributed by atoms with Gasteiger partial charge in [-0.3, -0.25) is 14.4 Å². The van der Waals surface area contributed by atoms with Gasteiger partial charge in [0.1, 0.15) is 12.1 Å². The normalized spacial score (nSPS) is 34.8. The Bertz CT molecular complexity index is 752. The maximum Gasteiger partial charge on any atom is 0.243 e. The van der Waals surface area contributed by atoms with Crippen molar-refractivity contribution in [2.45, 2.75) is 114 Å². The second kappa shape index (κ2) is 11.1. The van der Waals surface area contributed by atoms with E-state index in [2.05, 4.69) is 17.5 Å². The number of hydrogen-bond acceptors (Lipinski definition) is 6. The number of aliphatic hydroxyl groups is 1. The van der Waals surface area contributed by atoms with Gasteiger partial charge in [0.05, 0.1) is 23.8 Å². The summed E-state index contributed by atoms with van der Waals surface area (Å²) in [7, 11) is 0. The monoisotopic (exact) mass is 463 g/mol. The molecule has 0 bridgehead atoms. The molecule has 8 nitrogen and oxygen atoms in total. The maximum atomic E-state index is 13.6. The number of allylic oxidation sites excluding steroid dienone is 2. The van der Waals surface area contributed by atoms with Crippen molar-refractivity contribution in [3.8, 4) is 0 Å². The molecule has 0 radical (unpaired) electrons. The van der Waals surface area contributed by atoms with E-state index in [1.165, 1.54) is 6.92 Å². The third-order valence-corrected chi connectivity index (χ3v) is 7.23. The topological polar surface area (TPSA) is 122 Å². The summed E-state index contributed by atoms with van der Waals surface area (Å²) in [5.41, 5.74) is 5.89. The lowest BCUT2D eigenvalue weighted by molar-refractivity contribution is -0.142. The van der Waals surface area contributed by atoms with Crippen LogP contribution in [0, 0.1) is 5.92 Å². The van der Waals surface area contributed by atoms with Gasteiger partial charge in [-0.05, 0) is 65.7 Å². The first-order valence-electron chi connectivity index (χ1n) is 12.5. The van der Waals surface area contributed by atoms with Crippen molar-refractivity contribution in [2.24, 2.45) is 11.7 Å². The number of amides is 2. The Morgan fingerprint density at radius 3 is 2.45 bits per heavy atom. The Balaban J connectivity index is 1.85. The SMILES string of the molecule is CC(=O)C(O)[C@@H]1CCCCC=CCCCC[C@H](N)C(=O)N2C[C@@H]3OC(C)(C)C[C@@H]3[C@H]2C(=O)N1. The number of Topliss-reactive ketones (excluding diaryl/α,β-unsaturated/α-hetero) is 1. The Labute approximate surface area is 197 Å². The first-order valence-corrected chi connectivity index (χ1v) is 12.5. The summed E-state index contributed by atoms with van der Waals surface area (Å²) < 4.78 is 6.16. The van der Waals surface area contributed by atoms with Crippen LogP contribution in [0.5, 0.6) is 0 Å². The Morgan fingerprint density at radius 1 is 1.18 bits per heavy atom. The molecule has 4 N–H and O–H groups in total. The molecule has 0 aromatic rings. The molecule has 8 heteroatoms. The van der Waals surface area contributed by atoms with E-state index < -0.39 is 24.2 Å². The smallest absolute Gasteiger partial charge is 0.243 e. The molecule has 6 atom stereocenters. The zero-order chi connectivity index (χ0) is 24.2. The number of ether oxygens (including phenoxy) is 1. The summed E-state index contributed by atoms with van der Waals surface area (Å²) in [4.78, 5) is 40.3. The van der Waals surface area contributed by atoms with Gasteiger partial charge in [0.25, 0.3) is 0 Å². The van der Waals surface area contributed by atoms with Crippen LogP contribution in [-0.2, 0) is 19.1 Å². The zero-order valence-electron chi connectivity index (χ0n) is 20.3. The number of carbonyl (C=O) groups is 3. The summed E-state index contributed by atoms with van der Waals surface area (Å²) in [6.07, 6.45) is 9.92. The van der Waals surface area contributed by atoms with Crippen molar-refractivity contribution in [1.29, 1.82) is 0 Å². The van der Waals surface area contributed by atoms with Gasteiger partial charge in [0, 0.05) is 12.5 Å². The molecule has 2 saturated heterocycles. The molecule has 0 spiro atoms. The van der Waals surface area contributed by atoms with Crippen LogP contribution in [0.1, 0.15) is 78.6 Å². The fraction of sp³-hybridized carbons (Fsp3) is 0.800. The molecular weight excluding hydrogens is 422 g/mol. The van der Waals surface area contributed by atoms with Crippen LogP contribution in [0.3, 0.4) is 0 Å². The average Bonchev–Trinajstić information content (AvgIpc) is 3.23. The largest absolute Gasteiger partial charge is 0.383 e. The molecule has 3 rings (SSSR count). The fourth-order valence-electron chi connectivity index (χ4n) is 5.52. The number of hydrogen-bond donors (Lipinski definition) is 3. The number of nitrogens with two attached hydrogens (primary N) is 1. The standard InChI is InChI=1S/C25H41N3O5/c1-16(29)22(30)19-13-11-9-7-5-4-6-8-10-12-18(26)24(32)28-15-20-17(14-25(2,3)33-20)21(28)23(31)27-19/h4-5,17-22,30H,6-15,26H2,1-3H3,(H,27,31)/t17-,18-,19-,20-,21-,22?/m0/s1. The van der Waals surface area contributed by atoms with Gasteiger partial charge in [-0.25, -0.2) is 0 Å². The molecular formula is C25H41N3O5. The van der Waals surface area contributed by atoms with Crippen molar-refractivity contribution in [3.05, 3.63) is 12.2 Å². The summed E-state index contributed by atoms with van der Waals surface area (Å²) in [6, 6.07) is -2.06. The molecule has 2 fully saturated rings. The highest BCUT2D eigenvalue weighted by Gasteiger charge is 2.55. The second-order valence-corrected chi connectivity index (χ2v) is 10.5. The molecule has 0 aromatic heterocycles. The van der Waals surface area contributed by atoms with Gasteiger partial charge >= 0.3 is 0 Å². The van der Waals surface area contributed by atoms with Crippen LogP contribution in [-0.4, -0.2) is 70.1 Å². The molecule has 33 heavy (non-hydrogen) atoms. The minimum absolute atomic E-state index is 0.141. The molecule has 186 valence electrons. The van der Waals surface area contributed by atoms with Gasteiger partial charge in [-0.15, -0.1) is 0 Å². The fourth-order valence-corrected chi connectivity index (χ4v) is 5.52. The zero-order valence-corrected chi connectivity index (χ0v) is 20.3. The minimum atomic E-state index is -1.27. The molecule has 1 unspecified atom stereocenters. The molecule has 0 aromatic carbocycles. The average molecular weight is 464 g/mol. The van der Waals surface area contributed by atoms with Crippen LogP contribution in [0.4, 0.5) is 0 Å². The summed E-state index contributed by atoms with van der Waals surface area (Å²) in [5, 5.41) is 13.4. The highest BCUT2D eigenvalue weighted by atomic mass is 16.5. The predicted molar refractivity (Wildman–Crippen MR) is 125 cm³/mol. The Kier molecular flexibility index (Phi) is 8.70. The van der Waals surface area contributed by atoms with Gasteiger partial charge in [0.15, 0.2) is 5.78 Å². The van der Waals surface area contributed by atoms with Crippen molar-refractivity contribution in [2.75, 3.05) is 6.54 Å². The van der Waals surface area contributed by atoms with E-state index in [1.807, 2.05) is 13.8 Å². The van der Waals surface area contributed by atoms with E-state index in [0.717, 1.165) is 38.5 Å². The molecule has 3 aliphatic rings. The number of fused-ring (bicyclic) bond motifs is 3. The lowest BCUT2D eigenvalue weighted by Crippen LogP contribution is -2.57. The van der Waals surface area contributed by atoms with Crippen molar-refractivity contribution in [1.82, 2.24) is 10.2 Å². The maximum absolute atomic E-state index is 13.6. The second-order valence-electron chi connectivity index (χ2n) is 10.5. The van der Waals surface area contributed by atoms with Crippen LogP contribution < -0.4 is 11.1 Å². The van der Waals surface area contributed by atoms with Crippen LogP contribution in [0.2, 0.25) is 0 Å². The van der Waals surface area contributed by atoms with Gasteiger partial charge in [-0.1, -0.05) is 25.0 Å². The number of nitrogens with one attached hydrogen (secondary N) is 1. The molecule has 0 saturated carbocycles. The highest BCUT2D eigenvalue weighted by Crippen LogP contribution is 2.43. The highest BCUT2D eigenvalue weighted by molar-refractivity contribution is 5.91. The van der Waals surface area contributed by atoms with Gasteiger partial charge < -0.3 is 25.8 Å². The lowest BCUT2D eigenvalue weighted by Gasteiger charge is -2.32. The predicted octanol–water partition coefficient (Wildman–Crippen LogP) is 1.83. The molecule has 3 aliphatic heterocycles.